The molecule has 1 aliphatic rings. The second-order valence-corrected chi connectivity index (χ2v) is 7.18. The summed E-state index contributed by atoms with van der Waals surface area (Å²) in [7, 11) is 0. The molecule has 0 aliphatic heterocycles. The van der Waals surface area contributed by atoms with Gasteiger partial charge in [0.15, 0.2) is 0 Å². The number of nitro groups is 1. The molecular weight excluding hydrogens is 356 g/mol. The third-order valence-electron chi connectivity index (χ3n) is 3.44. The first kappa shape index (κ1) is 16.3. The van der Waals surface area contributed by atoms with Crippen molar-refractivity contribution in [2.45, 2.75) is 37.4 Å². The number of amides is 1. The number of carbonyl (C=O) groups is 1. The van der Waals surface area contributed by atoms with Crippen molar-refractivity contribution in [2.75, 3.05) is 11.1 Å². The van der Waals surface area contributed by atoms with Gasteiger partial charge in [0, 0.05) is 21.9 Å². The molecule has 21 heavy (non-hydrogen) atoms. The van der Waals surface area contributed by atoms with Crippen LogP contribution < -0.4 is 5.32 Å². The molecule has 0 unspecified atom stereocenters. The Morgan fingerprint density at radius 1 is 1.38 bits per heavy atom. The number of halogens is 1. The monoisotopic (exact) mass is 372 g/mol. The highest BCUT2D eigenvalue weighted by atomic mass is 79.9. The molecule has 7 heteroatoms. The van der Waals surface area contributed by atoms with E-state index in [0.29, 0.717) is 21.2 Å². The van der Waals surface area contributed by atoms with Crippen LogP contribution in [0.1, 0.15) is 32.1 Å². The Kier molecular flexibility index (Phi) is 6.05. The molecule has 0 atom stereocenters. The van der Waals surface area contributed by atoms with Crippen molar-refractivity contribution < 1.29 is 9.72 Å². The third kappa shape index (κ3) is 5.00. The average Bonchev–Trinajstić information content (AvgIpc) is 2.48. The first-order valence-corrected chi connectivity index (χ1v) is 8.76. The van der Waals surface area contributed by atoms with Gasteiger partial charge in [-0.25, -0.2) is 0 Å². The predicted octanol–water partition coefficient (Wildman–Crippen LogP) is 4.36. The number of anilines is 1. The Balaban J connectivity index is 1.85. The van der Waals surface area contributed by atoms with Crippen molar-refractivity contribution in [3.63, 3.8) is 0 Å². The number of rotatable bonds is 5. The van der Waals surface area contributed by atoms with Crippen molar-refractivity contribution in [3.05, 3.63) is 32.8 Å². The maximum Gasteiger partial charge on any atom is 0.270 e. The minimum Gasteiger partial charge on any atom is -0.324 e. The van der Waals surface area contributed by atoms with Gasteiger partial charge in [0.1, 0.15) is 0 Å². The summed E-state index contributed by atoms with van der Waals surface area (Å²) in [5.41, 5.74) is 0.561. The molecule has 5 nitrogen and oxygen atoms in total. The number of nitrogens with one attached hydrogen (secondary N) is 1. The molecule has 1 amide bonds. The van der Waals surface area contributed by atoms with Crippen molar-refractivity contribution in [1.29, 1.82) is 0 Å². The molecule has 0 radical (unpaired) electrons. The van der Waals surface area contributed by atoms with Gasteiger partial charge in [-0.05, 0) is 34.8 Å². The maximum atomic E-state index is 11.9. The van der Waals surface area contributed by atoms with Gasteiger partial charge in [-0.15, -0.1) is 11.8 Å². The number of carbonyl (C=O) groups excluding carboxylic acids is 1. The van der Waals surface area contributed by atoms with Gasteiger partial charge in [0.25, 0.3) is 5.69 Å². The van der Waals surface area contributed by atoms with Crippen LogP contribution in [0.15, 0.2) is 22.7 Å². The summed E-state index contributed by atoms with van der Waals surface area (Å²) >= 11 is 4.95. The lowest BCUT2D eigenvalue weighted by atomic mass is 10.0. The Bertz CT molecular complexity index is 533. The van der Waals surface area contributed by atoms with E-state index in [1.165, 1.54) is 44.2 Å². The van der Waals surface area contributed by atoms with Gasteiger partial charge in [0.05, 0.1) is 16.4 Å². The van der Waals surface area contributed by atoms with Crippen LogP contribution in [-0.4, -0.2) is 21.8 Å². The minimum absolute atomic E-state index is 0.00328. The predicted molar refractivity (Wildman–Crippen MR) is 88.8 cm³/mol. The summed E-state index contributed by atoms with van der Waals surface area (Å²) in [4.78, 5) is 22.1. The quantitative estimate of drug-likeness (QED) is 0.615. The molecule has 1 aromatic carbocycles. The summed E-state index contributed by atoms with van der Waals surface area (Å²) in [6.45, 7) is 0. The molecule has 0 saturated heterocycles. The molecule has 1 aliphatic carbocycles. The maximum absolute atomic E-state index is 11.9. The molecule has 1 N–H and O–H groups in total. The fraction of sp³-hybridized carbons (Fsp3) is 0.500. The lowest BCUT2D eigenvalue weighted by molar-refractivity contribution is -0.384. The topological polar surface area (TPSA) is 72.2 Å². The molecule has 1 fully saturated rings. The second kappa shape index (κ2) is 7.79. The fourth-order valence-electron chi connectivity index (χ4n) is 2.33. The largest absolute Gasteiger partial charge is 0.324 e. The molecular formula is C14H17BrN2O3S. The zero-order valence-corrected chi connectivity index (χ0v) is 13.9. The molecule has 2 rings (SSSR count). The van der Waals surface area contributed by atoms with E-state index in [4.69, 9.17) is 0 Å². The van der Waals surface area contributed by atoms with E-state index in [1.54, 1.807) is 17.8 Å². The Morgan fingerprint density at radius 3 is 2.71 bits per heavy atom. The van der Waals surface area contributed by atoms with Crippen LogP contribution in [0, 0.1) is 10.1 Å². The van der Waals surface area contributed by atoms with Crippen LogP contribution >= 0.6 is 27.7 Å². The first-order valence-electron chi connectivity index (χ1n) is 6.91. The molecule has 1 saturated carbocycles. The number of non-ortho nitro benzene ring substituents is 1. The first-order chi connectivity index (χ1) is 10.1. The third-order valence-corrected chi connectivity index (χ3v) is 5.47. The summed E-state index contributed by atoms with van der Waals surface area (Å²) < 4.78 is 0.521. The van der Waals surface area contributed by atoms with Gasteiger partial charge < -0.3 is 5.32 Å². The molecule has 0 aromatic heterocycles. The molecule has 0 heterocycles. The van der Waals surface area contributed by atoms with E-state index in [9.17, 15) is 14.9 Å². The smallest absolute Gasteiger partial charge is 0.270 e. The summed E-state index contributed by atoms with van der Waals surface area (Å²) in [5.74, 6) is 0.355. The summed E-state index contributed by atoms with van der Waals surface area (Å²) in [6, 6.07) is 4.32. The number of hydrogen-bond donors (Lipinski definition) is 1. The van der Waals surface area contributed by atoms with Gasteiger partial charge in [0.2, 0.25) is 5.91 Å². The van der Waals surface area contributed by atoms with Gasteiger partial charge in [-0.1, -0.05) is 19.3 Å². The van der Waals surface area contributed by atoms with Crippen molar-refractivity contribution in [3.8, 4) is 0 Å². The van der Waals surface area contributed by atoms with E-state index in [-0.39, 0.29) is 11.6 Å². The Labute approximate surface area is 136 Å². The molecule has 114 valence electrons. The number of benzene rings is 1. The highest BCUT2D eigenvalue weighted by molar-refractivity contribution is 9.10. The fourth-order valence-corrected chi connectivity index (χ4v) is 3.92. The van der Waals surface area contributed by atoms with Crippen LogP contribution in [0.5, 0.6) is 0 Å². The zero-order chi connectivity index (χ0) is 15.2. The SMILES string of the molecule is O=C(CSC1CCCCC1)Nc1ccc([N+](=O)[O-])cc1Br. The summed E-state index contributed by atoms with van der Waals surface area (Å²) in [5, 5.41) is 14.0. The standard InChI is InChI=1S/C14H17BrN2O3S/c15-12-8-10(17(19)20)6-7-13(12)16-14(18)9-21-11-4-2-1-3-5-11/h6-8,11H,1-5,9H2,(H,16,18). The summed E-state index contributed by atoms with van der Waals surface area (Å²) in [6.07, 6.45) is 6.21. The van der Waals surface area contributed by atoms with Crippen LogP contribution in [0.3, 0.4) is 0 Å². The van der Waals surface area contributed by atoms with Crippen LogP contribution in [-0.2, 0) is 4.79 Å². The van der Waals surface area contributed by atoms with E-state index in [2.05, 4.69) is 21.2 Å². The molecule has 0 bridgehead atoms. The number of nitro benzene ring substituents is 1. The minimum atomic E-state index is -0.463. The van der Waals surface area contributed by atoms with Gasteiger partial charge in [-0.3, -0.25) is 14.9 Å². The van der Waals surface area contributed by atoms with Crippen LogP contribution in [0.2, 0.25) is 0 Å². The van der Waals surface area contributed by atoms with Gasteiger partial charge in [-0.2, -0.15) is 0 Å². The van der Waals surface area contributed by atoms with Crippen molar-refractivity contribution >= 4 is 45.0 Å². The van der Waals surface area contributed by atoms with Gasteiger partial charge >= 0.3 is 0 Å². The highest BCUT2D eigenvalue weighted by Crippen LogP contribution is 2.29. The lowest BCUT2D eigenvalue weighted by Crippen LogP contribution is -2.18. The molecule has 0 spiro atoms. The Hall–Kier alpha value is -1.08. The number of nitrogens with zero attached hydrogens (tertiary/aromatic N) is 1. The Morgan fingerprint density at radius 2 is 2.10 bits per heavy atom. The van der Waals surface area contributed by atoms with Crippen molar-refractivity contribution in [2.24, 2.45) is 0 Å². The van der Waals surface area contributed by atoms with Crippen molar-refractivity contribution in [1.82, 2.24) is 0 Å². The average molecular weight is 373 g/mol. The molecule has 1 aromatic rings. The van der Waals surface area contributed by atoms with Crippen LogP contribution in [0.4, 0.5) is 11.4 Å². The van der Waals surface area contributed by atoms with E-state index < -0.39 is 4.92 Å². The van der Waals surface area contributed by atoms with E-state index in [1.807, 2.05) is 0 Å². The number of thioether (sulfide) groups is 1. The zero-order valence-electron chi connectivity index (χ0n) is 11.5. The highest BCUT2D eigenvalue weighted by Gasteiger charge is 2.16. The van der Waals surface area contributed by atoms with E-state index in [0.717, 1.165) is 0 Å². The normalized spacial score (nSPS) is 15.7. The second-order valence-electron chi connectivity index (χ2n) is 5.04. The van der Waals surface area contributed by atoms with E-state index >= 15 is 0 Å². The lowest BCUT2D eigenvalue weighted by Gasteiger charge is -2.20. The van der Waals surface area contributed by atoms with Crippen LogP contribution in [0.25, 0.3) is 0 Å². The number of hydrogen-bond acceptors (Lipinski definition) is 4.